The molecule has 8 nitrogen and oxygen atoms in total. The number of nitrogens with one attached hydrogen (secondary N) is 1. The summed E-state index contributed by atoms with van der Waals surface area (Å²) in [4.78, 5) is 23.7. The highest BCUT2D eigenvalue weighted by molar-refractivity contribution is 5.83. The van der Waals surface area contributed by atoms with Crippen molar-refractivity contribution in [3.63, 3.8) is 0 Å². The van der Waals surface area contributed by atoms with Crippen LogP contribution >= 0.6 is 0 Å². The molecule has 1 heterocycles. The van der Waals surface area contributed by atoms with Gasteiger partial charge in [-0.3, -0.25) is 9.59 Å². The van der Waals surface area contributed by atoms with Gasteiger partial charge in [0.25, 0.3) is 5.91 Å². The van der Waals surface area contributed by atoms with E-state index in [9.17, 15) is 9.59 Å². The first-order valence-electron chi connectivity index (χ1n) is 7.36. The average Bonchev–Trinajstić information content (AvgIpc) is 2.81. The van der Waals surface area contributed by atoms with Gasteiger partial charge in [0.05, 0.1) is 0 Å². The maximum absolute atomic E-state index is 12.0. The lowest BCUT2D eigenvalue weighted by atomic mass is 10.1. The van der Waals surface area contributed by atoms with E-state index in [2.05, 4.69) is 20.8 Å². The number of esters is 1. The van der Waals surface area contributed by atoms with Gasteiger partial charge in [-0.15, -0.1) is 5.10 Å². The summed E-state index contributed by atoms with van der Waals surface area (Å²) < 4.78 is 6.34. The second-order valence-electron chi connectivity index (χ2n) is 5.34. The fourth-order valence-electron chi connectivity index (χ4n) is 2.42. The number of carbonyl (C=O) groups excluding carboxylic acids is 2. The minimum absolute atomic E-state index is 0.103. The maximum atomic E-state index is 12.0. The molecule has 1 amide bonds. The summed E-state index contributed by atoms with van der Waals surface area (Å²) in [6.45, 7) is 1.47. The van der Waals surface area contributed by atoms with Gasteiger partial charge in [-0.1, -0.05) is 25.7 Å². The Morgan fingerprint density at radius 2 is 2.05 bits per heavy atom. The van der Waals surface area contributed by atoms with E-state index in [-0.39, 0.29) is 18.5 Å². The second-order valence-corrected chi connectivity index (χ2v) is 5.34. The molecule has 0 spiro atoms. The second kappa shape index (κ2) is 7.70. The SMILES string of the molecule is C[C@H](OC(=O)Cn1cnnn1)C(=O)NC1CCCCCC1. The van der Waals surface area contributed by atoms with Crippen LogP contribution in [0.4, 0.5) is 0 Å². The summed E-state index contributed by atoms with van der Waals surface area (Å²) in [5.74, 6) is -0.780. The number of hydrogen-bond donors (Lipinski definition) is 1. The molecule has 1 saturated carbocycles. The molecule has 1 aromatic heterocycles. The predicted molar refractivity (Wildman–Crippen MR) is 73.0 cm³/mol. The van der Waals surface area contributed by atoms with Crippen LogP contribution in [0.5, 0.6) is 0 Å². The van der Waals surface area contributed by atoms with E-state index < -0.39 is 12.1 Å². The Morgan fingerprint density at radius 1 is 1.33 bits per heavy atom. The Labute approximate surface area is 123 Å². The number of tetrazole rings is 1. The van der Waals surface area contributed by atoms with Crippen LogP contribution in [0.25, 0.3) is 0 Å². The molecular weight excluding hydrogens is 274 g/mol. The lowest BCUT2D eigenvalue weighted by Crippen LogP contribution is -2.42. The standard InChI is InChI=1S/C13H21N5O3/c1-10(21-12(19)8-18-9-14-16-17-18)13(20)15-11-6-4-2-3-5-7-11/h9-11H,2-8H2,1H3,(H,15,20)/t10-/m0/s1. The minimum atomic E-state index is -0.808. The third-order valence-electron chi connectivity index (χ3n) is 3.56. The van der Waals surface area contributed by atoms with Crippen molar-refractivity contribution in [1.29, 1.82) is 0 Å². The van der Waals surface area contributed by atoms with Gasteiger partial charge < -0.3 is 10.1 Å². The summed E-state index contributed by atoms with van der Waals surface area (Å²) in [6, 6.07) is 0.195. The third kappa shape index (κ3) is 5.13. The molecule has 1 aliphatic carbocycles. The molecule has 0 saturated heterocycles. The summed E-state index contributed by atoms with van der Waals surface area (Å²) in [7, 11) is 0. The van der Waals surface area contributed by atoms with E-state index in [1.165, 1.54) is 23.9 Å². The lowest BCUT2D eigenvalue weighted by molar-refractivity contribution is -0.155. The van der Waals surface area contributed by atoms with Crippen molar-refractivity contribution in [2.75, 3.05) is 0 Å². The Balaban J connectivity index is 1.74. The highest BCUT2D eigenvalue weighted by Gasteiger charge is 2.21. The molecule has 8 heteroatoms. The van der Waals surface area contributed by atoms with Gasteiger partial charge in [0, 0.05) is 6.04 Å². The molecule has 116 valence electrons. The molecule has 1 N–H and O–H groups in total. The van der Waals surface area contributed by atoms with Gasteiger partial charge in [-0.2, -0.15) is 0 Å². The first-order chi connectivity index (χ1) is 10.1. The van der Waals surface area contributed by atoms with Crippen LogP contribution < -0.4 is 5.32 Å². The number of carbonyl (C=O) groups is 2. The molecule has 1 atom stereocenters. The lowest BCUT2D eigenvalue weighted by Gasteiger charge is -2.19. The maximum Gasteiger partial charge on any atom is 0.328 e. The predicted octanol–water partition coefficient (Wildman–Crippen LogP) is 0.444. The van der Waals surface area contributed by atoms with Crippen molar-refractivity contribution in [3.8, 4) is 0 Å². The first kappa shape index (κ1) is 15.4. The molecule has 0 bridgehead atoms. The van der Waals surface area contributed by atoms with Gasteiger partial charge >= 0.3 is 5.97 Å². The highest BCUT2D eigenvalue weighted by Crippen LogP contribution is 2.17. The van der Waals surface area contributed by atoms with Crippen LogP contribution in [0.1, 0.15) is 45.4 Å². The van der Waals surface area contributed by atoms with Crippen molar-refractivity contribution >= 4 is 11.9 Å². The zero-order valence-corrected chi connectivity index (χ0v) is 12.2. The summed E-state index contributed by atoms with van der Waals surface area (Å²) in [5.41, 5.74) is 0. The fourth-order valence-corrected chi connectivity index (χ4v) is 2.42. The third-order valence-corrected chi connectivity index (χ3v) is 3.56. The molecule has 1 aromatic rings. The molecule has 21 heavy (non-hydrogen) atoms. The van der Waals surface area contributed by atoms with Crippen molar-refractivity contribution in [1.82, 2.24) is 25.5 Å². The molecule has 2 rings (SSSR count). The molecule has 1 aliphatic rings. The van der Waals surface area contributed by atoms with Crippen molar-refractivity contribution in [3.05, 3.63) is 6.33 Å². The Kier molecular flexibility index (Phi) is 5.65. The van der Waals surface area contributed by atoms with Gasteiger partial charge in [0.2, 0.25) is 0 Å². The fraction of sp³-hybridized carbons (Fsp3) is 0.769. The summed E-state index contributed by atoms with van der Waals surface area (Å²) in [6.07, 6.45) is 7.23. The summed E-state index contributed by atoms with van der Waals surface area (Å²) in [5, 5.41) is 13.4. The van der Waals surface area contributed by atoms with Gasteiger partial charge in [-0.05, 0) is 30.2 Å². The molecular formula is C13H21N5O3. The van der Waals surface area contributed by atoms with E-state index in [0.29, 0.717) is 0 Å². The quantitative estimate of drug-likeness (QED) is 0.625. The van der Waals surface area contributed by atoms with Gasteiger partial charge in [0.1, 0.15) is 12.9 Å². The zero-order valence-electron chi connectivity index (χ0n) is 12.2. The van der Waals surface area contributed by atoms with Crippen LogP contribution in [0, 0.1) is 0 Å². The Morgan fingerprint density at radius 3 is 2.67 bits per heavy atom. The average molecular weight is 295 g/mol. The van der Waals surface area contributed by atoms with E-state index in [1.54, 1.807) is 6.92 Å². The van der Waals surface area contributed by atoms with Crippen molar-refractivity contribution < 1.29 is 14.3 Å². The van der Waals surface area contributed by atoms with E-state index in [1.807, 2.05) is 0 Å². The van der Waals surface area contributed by atoms with Crippen LogP contribution in [0.3, 0.4) is 0 Å². The number of aromatic nitrogens is 4. The van der Waals surface area contributed by atoms with E-state index in [4.69, 9.17) is 4.74 Å². The number of nitrogens with zero attached hydrogens (tertiary/aromatic N) is 4. The van der Waals surface area contributed by atoms with Crippen LogP contribution in [-0.2, 0) is 20.9 Å². The molecule has 1 fully saturated rings. The van der Waals surface area contributed by atoms with E-state index in [0.717, 1.165) is 25.7 Å². The minimum Gasteiger partial charge on any atom is -0.451 e. The number of amides is 1. The summed E-state index contributed by atoms with van der Waals surface area (Å²) >= 11 is 0. The topological polar surface area (TPSA) is 99.0 Å². The number of hydrogen-bond acceptors (Lipinski definition) is 6. The van der Waals surface area contributed by atoms with Gasteiger partial charge in [-0.25, -0.2) is 4.68 Å². The first-order valence-corrected chi connectivity index (χ1v) is 7.36. The molecule has 0 radical (unpaired) electrons. The van der Waals surface area contributed by atoms with E-state index >= 15 is 0 Å². The van der Waals surface area contributed by atoms with Crippen LogP contribution in [-0.4, -0.2) is 44.2 Å². The van der Waals surface area contributed by atoms with Crippen molar-refractivity contribution in [2.45, 2.75) is 64.1 Å². The molecule has 0 aliphatic heterocycles. The highest BCUT2D eigenvalue weighted by atomic mass is 16.5. The number of ether oxygens (including phenoxy) is 1. The van der Waals surface area contributed by atoms with Gasteiger partial charge in [0.15, 0.2) is 6.10 Å². The monoisotopic (exact) mass is 295 g/mol. The smallest absolute Gasteiger partial charge is 0.328 e. The zero-order chi connectivity index (χ0) is 15.1. The Hall–Kier alpha value is -1.99. The number of rotatable bonds is 5. The molecule has 0 unspecified atom stereocenters. The van der Waals surface area contributed by atoms with Crippen LogP contribution in [0.15, 0.2) is 6.33 Å². The van der Waals surface area contributed by atoms with Crippen LogP contribution in [0.2, 0.25) is 0 Å². The van der Waals surface area contributed by atoms with Crippen molar-refractivity contribution in [2.24, 2.45) is 0 Å². The molecule has 0 aromatic carbocycles. The normalized spacial score (nSPS) is 17.8. The largest absolute Gasteiger partial charge is 0.451 e. The Bertz CT molecular complexity index is 454.